The summed E-state index contributed by atoms with van der Waals surface area (Å²) in [6.07, 6.45) is 0. The molecule has 0 aliphatic heterocycles. The summed E-state index contributed by atoms with van der Waals surface area (Å²) in [6.45, 7) is 2.92. The predicted molar refractivity (Wildman–Crippen MR) is 67.2 cm³/mol. The number of hydrogen-bond donors (Lipinski definition) is 2. The van der Waals surface area contributed by atoms with Gasteiger partial charge in [-0.3, -0.25) is 0 Å². The predicted octanol–water partition coefficient (Wildman–Crippen LogP) is 1.50. The summed E-state index contributed by atoms with van der Waals surface area (Å²) in [5, 5.41) is 12.2. The molecule has 0 spiro atoms. The van der Waals surface area contributed by atoms with Crippen molar-refractivity contribution < 1.29 is 0 Å². The highest BCUT2D eigenvalue weighted by Crippen LogP contribution is 2.17. The van der Waals surface area contributed by atoms with Crippen molar-refractivity contribution in [3.63, 3.8) is 0 Å². The quantitative estimate of drug-likeness (QED) is 0.752. The third-order valence-corrected chi connectivity index (χ3v) is 2.63. The minimum Gasteiger partial charge on any atom is -0.399 e. The first-order chi connectivity index (χ1) is 7.54. The average Bonchev–Trinajstić information content (AvgIpc) is 2.26. The molecule has 1 atom stereocenters. The van der Waals surface area contributed by atoms with Gasteiger partial charge < -0.3 is 16.0 Å². The van der Waals surface area contributed by atoms with E-state index in [1.54, 1.807) is 12.1 Å². The summed E-state index contributed by atoms with van der Waals surface area (Å²) in [4.78, 5) is 2.12. The van der Waals surface area contributed by atoms with Crippen LogP contribution in [0.1, 0.15) is 12.5 Å². The van der Waals surface area contributed by atoms with Gasteiger partial charge in [-0.1, -0.05) is 0 Å². The molecule has 16 heavy (non-hydrogen) atoms. The first-order valence-electron chi connectivity index (χ1n) is 5.24. The van der Waals surface area contributed by atoms with E-state index in [9.17, 15) is 0 Å². The van der Waals surface area contributed by atoms with Crippen LogP contribution in [-0.2, 0) is 0 Å². The van der Waals surface area contributed by atoms with Crippen molar-refractivity contribution in [2.24, 2.45) is 0 Å². The Hall–Kier alpha value is -1.73. The summed E-state index contributed by atoms with van der Waals surface area (Å²) in [5.74, 6) is 0. The Morgan fingerprint density at radius 2 is 2.19 bits per heavy atom. The van der Waals surface area contributed by atoms with Gasteiger partial charge in [-0.15, -0.1) is 0 Å². The van der Waals surface area contributed by atoms with Crippen LogP contribution in [-0.4, -0.2) is 31.6 Å². The number of nitrogen functional groups attached to an aromatic ring is 1. The molecule has 1 rings (SSSR count). The van der Waals surface area contributed by atoms with Gasteiger partial charge in [-0.05, 0) is 39.2 Å². The number of likely N-dealkylation sites (N-methyl/N-ethyl adjacent to an activating group) is 1. The maximum absolute atomic E-state index is 8.96. The van der Waals surface area contributed by atoms with E-state index in [0.29, 0.717) is 17.3 Å². The first-order valence-corrected chi connectivity index (χ1v) is 5.24. The molecule has 1 aromatic rings. The normalized spacial score (nSPS) is 12.2. The molecule has 4 heteroatoms. The Labute approximate surface area is 96.7 Å². The fourth-order valence-electron chi connectivity index (χ4n) is 1.25. The molecule has 86 valence electrons. The van der Waals surface area contributed by atoms with Crippen LogP contribution in [0.15, 0.2) is 18.2 Å². The number of benzene rings is 1. The van der Waals surface area contributed by atoms with E-state index >= 15 is 0 Å². The van der Waals surface area contributed by atoms with Crippen molar-refractivity contribution >= 4 is 11.4 Å². The lowest BCUT2D eigenvalue weighted by atomic mass is 10.1. The average molecular weight is 218 g/mol. The molecule has 0 aliphatic rings. The number of nitriles is 1. The van der Waals surface area contributed by atoms with Crippen LogP contribution in [0.2, 0.25) is 0 Å². The fraction of sp³-hybridized carbons (Fsp3) is 0.417. The highest BCUT2D eigenvalue weighted by Gasteiger charge is 2.06. The summed E-state index contributed by atoms with van der Waals surface area (Å²) in [6, 6.07) is 7.86. The zero-order chi connectivity index (χ0) is 12.1. The summed E-state index contributed by atoms with van der Waals surface area (Å²) >= 11 is 0. The second kappa shape index (κ2) is 5.38. The van der Waals surface area contributed by atoms with E-state index in [1.165, 1.54) is 0 Å². The number of nitrogens with two attached hydrogens (primary N) is 1. The van der Waals surface area contributed by atoms with E-state index in [4.69, 9.17) is 11.0 Å². The first kappa shape index (κ1) is 12.3. The van der Waals surface area contributed by atoms with Crippen molar-refractivity contribution in [2.45, 2.75) is 13.0 Å². The highest BCUT2D eigenvalue weighted by molar-refractivity contribution is 5.62. The van der Waals surface area contributed by atoms with Gasteiger partial charge in [0.25, 0.3) is 0 Å². The lowest BCUT2D eigenvalue weighted by Crippen LogP contribution is -2.31. The van der Waals surface area contributed by atoms with Gasteiger partial charge in [0.15, 0.2) is 0 Å². The van der Waals surface area contributed by atoms with E-state index in [2.05, 4.69) is 23.2 Å². The standard InChI is InChI=1S/C12H18N4/c1-9(16(2)3)8-15-12-5-4-11(14)6-10(12)7-13/h4-6,9,15H,8,14H2,1-3H3. The Kier molecular flexibility index (Phi) is 4.15. The summed E-state index contributed by atoms with van der Waals surface area (Å²) in [7, 11) is 4.06. The maximum Gasteiger partial charge on any atom is 0.101 e. The SMILES string of the molecule is CC(CNc1ccc(N)cc1C#N)N(C)C. The molecule has 1 aromatic carbocycles. The number of rotatable bonds is 4. The molecule has 0 heterocycles. The fourth-order valence-corrected chi connectivity index (χ4v) is 1.25. The molecule has 0 amide bonds. The second-order valence-corrected chi connectivity index (χ2v) is 4.11. The number of anilines is 2. The molecule has 0 aliphatic carbocycles. The molecule has 0 saturated heterocycles. The third-order valence-electron chi connectivity index (χ3n) is 2.63. The Bertz CT molecular complexity index is 392. The van der Waals surface area contributed by atoms with Gasteiger partial charge in [0, 0.05) is 18.3 Å². The summed E-state index contributed by atoms with van der Waals surface area (Å²) < 4.78 is 0. The Morgan fingerprint density at radius 1 is 1.50 bits per heavy atom. The largest absolute Gasteiger partial charge is 0.399 e. The number of hydrogen-bond acceptors (Lipinski definition) is 4. The zero-order valence-electron chi connectivity index (χ0n) is 9.99. The van der Waals surface area contributed by atoms with Gasteiger partial charge >= 0.3 is 0 Å². The van der Waals surface area contributed by atoms with E-state index in [-0.39, 0.29) is 0 Å². The second-order valence-electron chi connectivity index (χ2n) is 4.11. The van der Waals surface area contributed by atoms with Gasteiger partial charge in [0.1, 0.15) is 6.07 Å². The van der Waals surface area contributed by atoms with Gasteiger partial charge in [0.2, 0.25) is 0 Å². The van der Waals surface area contributed by atoms with E-state index < -0.39 is 0 Å². The molecule has 1 unspecified atom stereocenters. The third kappa shape index (κ3) is 3.14. The minimum absolute atomic E-state index is 0.407. The molecule has 0 saturated carbocycles. The van der Waals surface area contributed by atoms with Crippen LogP contribution in [0.5, 0.6) is 0 Å². The van der Waals surface area contributed by atoms with Crippen molar-refractivity contribution in [3.05, 3.63) is 23.8 Å². The zero-order valence-corrected chi connectivity index (χ0v) is 9.99. The van der Waals surface area contributed by atoms with Gasteiger partial charge in [-0.2, -0.15) is 5.26 Å². The highest BCUT2D eigenvalue weighted by atomic mass is 15.1. The minimum atomic E-state index is 0.407. The van der Waals surface area contributed by atoms with E-state index in [1.807, 2.05) is 20.2 Å². The van der Waals surface area contributed by atoms with Gasteiger partial charge in [-0.25, -0.2) is 0 Å². The van der Waals surface area contributed by atoms with Crippen LogP contribution in [0.3, 0.4) is 0 Å². The molecule has 0 radical (unpaired) electrons. The van der Waals surface area contributed by atoms with Gasteiger partial charge in [0.05, 0.1) is 11.3 Å². The Morgan fingerprint density at radius 3 is 2.75 bits per heavy atom. The maximum atomic E-state index is 8.96. The molecular formula is C12H18N4. The van der Waals surface area contributed by atoms with Crippen molar-refractivity contribution in [1.82, 2.24) is 4.90 Å². The van der Waals surface area contributed by atoms with Crippen LogP contribution >= 0.6 is 0 Å². The monoisotopic (exact) mass is 218 g/mol. The molecule has 0 aromatic heterocycles. The Balaban J connectivity index is 2.71. The number of nitrogens with one attached hydrogen (secondary N) is 1. The van der Waals surface area contributed by atoms with Crippen molar-refractivity contribution in [1.29, 1.82) is 5.26 Å². The topological polar surface area (TPSA) is 65.1 Å². The van der Waals surface area contributed by atoms with E-state index in [0.717, 1.165) is 12.2 Å². The summed E-state index contributed by atoms with van der Waals surface area (Å²) in [5.41, 5.74) is 7.66. The lowest BCUT2D eigenvalue weighted by Gasteiger charge is -2.21. The van der Waals surface area contributed by atoms with Crippen LogP contribution in [0.25, 0.3) is 0 Å². The molecule has 3 N–H and O–H groups in total. The molecule has 4 nitrogen and oxygen atoms in total. The molecular weight excluding hydrogens is 200 g/mol. The van der Waals surface area contributed by atoms with Crippen molar-refractivity contribution in [2.75, 3.05) is 31.7 Å². The van der Waals surface area contributed by atoms with Crippen molar-refractivity contribution in [3.8, 4) is 6.07 Å². The molecule has 0 bridgehead atoms. The van der Waals surface area contributed by atoms with Crippen LogP contribution < -0.4 is 11.1 Å². The smallest absolute Gasteiger partial charge is 0.101 e. The number of nitrogens with zero attached hydrogens (tertiary/aromatic N) is 2. The lowest BCUT2D eigenvalue weighted by molar-refractivity contribution is 0.326. The molecule has 0 fully saturated rings. The van der Waals surface area contributed by atoms with Crippen LogP contribution in [0, 0.1) is 11.3 Å². The van der Waals surface area contributed by atoms with Crippen LogP contribution in [0.4, 0.5) is 11.4 Å².